The fraction of sp³-hybridized carbons (Fsp3) is 0.308. The second-order valence-corrected chi connectivity index (χ2v) is 3.24. The van der Waals surface area contributed by atoms with Crippen molar-refractivity contribution in [2.75, 3.05) is 0 Å². The molecular weight excluding hydrogens is 188 g/mol. The van der Waals surface area contributed by atoms with E-state index in [1.54, 1.807) is 12.1 Å². The van der Waals surface area contributed by atoms with Crippen LogP contribution in [-0.2, 0) is 4.74 Å². The highest BCUT2D eigenvalue weighted by molar-refractivity contribution is 5.89. The Morgan fingerprint density at radius 2 is 2.07 bits per heavy atom. The maximum atomic E-state index is 11.6. The van der Waals surface area contributed by atoms with Gasteiger partial charge in [-0.15, -0.1) is 0 Å². The summed E-state index contributed by atoms with van der Waals surface area (Å²) in [6, 6.07) is 9.04. The van der Waals surface area contributed by atoms with Crippen molar-refractivity contribution in [2.45, 2.75) is 26.4 Å². The summed E-state index contributed by atoms with van der Waals surface area (Å²) in [6.45, 7) is 3.90. The molecule has 0 radical (unpaired) electrons. The highest BCUT2D eigenvalue weighted by atomic mass is 16.5. The van der Waals surface area contributed by atoms with E-state index in [4.69, 9.17) is 4.74 Å². The standard InChI is InChI=1S/C13H16O2/c1-3-8-12(4-2)15-13(14)11-9-6-5-7-10-11/h3,5-10,12H,4H2,1-2H3. The van der Waals surface area contributed by atoms with Gasteiger partial charge in [0.25, 0.3) is 0 Å². The smallest absolute Gasteiger partial charge is 0.338 e. The van der Waals surface area contributed by atoms with Gasteiger partial charge < -0.3 is 4.74 Å². The molecule has 0 spiro atoms. The fourth-order valence-electron chi connectivity index (χ4n) is 1.25. The number of hydrogen-bond donors (Lipinski definition) is 0. The summed E-state index contributed by atoms with van der Waals surface area (Å²) in [7, 11) is 0. The van der Waals surface area contributed by atoms with Gasteiger partial charge in [-0.3, -0.25) is 0 Å². The zero-order valence-corrected chi connectivity index (χ0v) is 9.14. The van der Waals surface area contributed by atoms with Gasteiger partial charge in [-0.1, -0.05) is 31.2 Å². The van der Waals surface area contributed by atoms with E-state index in [2.05, 4.69) is 0 Å². The fourth-order valence-corrected chi connectivity index (χ4v) is 1.25. The molecule has 0 aliphatic heterocycles. The van der Waals surface area contributed by atoms with E-state index in [9.17, 15) is 4.79 Å². The van der Waals surface area contributed by atoms with Gasteiger partial charge in [0.1, 0.15) is 6.10 Å². The lowest BCUT2D eigenvalue weighted by molar-refractivity contribution is 0.0388. The number of benzene rings is 1. The number of rotatable bonds is 4. The van der Waals surface area contributed by atoms with Crippen LogP contribution in [0, 0.1) is 0 Å². The molecule has 1 aromatic rings. The molecule has 0 aliphatic rings. The van der Waals surface area contributed by atoms with Gasteiger partial charge in [0, 0.05) is 0 Å². The lowest BCUT2D eigenvalue weighted by atomic mass is 10.2. The number of carbonyl (C=O) groups excluding carboxylic acids is 1. The second-order valence-electron chi connectivity index (χ2n) is 3.24. The predicted molar refractivity (Wildman–Crippen MR) is 60.8 cm³/mol. The third kappa shape index (κ3) is 3.58. The van der Waals surface area contributed by atoms with Gasteiger partial charge in [-0.05, 0) is 31.6 Å². The van der Waals surface area contributed by atoms with E-state index in [0.29, 0.717) is 5.56 Å². The summed E-state index contributed by atoms with van der Waals surface area (Å²) in [5.74, 6) is -0.263. The first kappa shape index (κ1) is 11.5. The van der Waals surface area contributed by atoms with Gasteiger partial charge in [0.05, 0.1) is 5.56 Å². The zero-order chi connectivity index (χ0) is 11.1. The summed E-state index contributed by atoms with van der Waals surface area (Å²) in [6.07, 6.45) is 4.46. The normalized spacial score (nSPS) is 12.7. The SMILES string of the molecule is CC=CC(CC)OC(=O)c1ccccc1. The first-order valence-electron chi connectivity index (χ1n) is 5.16. The maximum absolute atomic E-state index is 11.6. The summed E-state index contributed by atoms with van der Waals surface area (Å²) in [4.78, 5) is 11.6. The minimum absolute atomic E-state index is 0.122. The molecule has 15 heavy (non-hydrogen) atoms. The highest BCUT2D eigenvalue weighted by Crippen LogP contribution is 2.07. The minimum atomic E-state index is -0.263. The third-order valence-electron chi connectivity index (χ3n) is 2.08. The lowest BCUT2D eigenvalue weighted by Gasteiger charge is -2.11. The van der Waals surface area contributed by atoms with Crippen molar-refractivity contribution in [1.82, 2.24) is 0 Å². The Kier molecular flexibility index (Phi) is 4.61. The molecule has 1 aromatic carbocycles. The Morgan fingerprint density at radius 3 is 2.60 bits per heavy atom. The summed E-state index contributed by atoms with van der Waals surface area (Å²) in [5, 5.41) is 0. The molecule has 0 heterocycles. The number of ether oxygens (including phenoxy) is 1. The predicted octanol–water partition coefficient (Wildman–Crippen LogP) is 3.20. The topological polar surface area (TPSA) is 26.3 Å². The molecule has 1 atom stereocenters. The summed E-state index contributed by atoms with van der Waals surface area (Å²) < 4.78 is 5.30. The quantitative estimate of drug-likeness (QED) is 0.556. The van der Waals surface area contributed by atoms with E-state index in [0.717, 1.165) is 6.42 Å². The molecule has 0 aliphatic carbocycles. The van der Waals surface area contributed by atoms with Crippen molar-refractivity contribution in [3.05, 3.63) is 48.0 Å². The van der Waals surface area contributed by atoms with E-state index < -0.39 is 0 Å². The third-order valence-corrected chi connectivity index (χ3v) is 2.08. The average Bonchev–Trinajstić information content (AvgIpc) is 2.29. The Balaban J connectivity index is 2.63. The van der Waals surface area contributed by atoms with Gasteiger partial charge in [0.15, 0.2) is 0 Å². The van der Waals surface area contributed by atoms with E-state index in [1.807, 2.05) is 44.2 Å². The largest absolute Gasteiger partial charge is 0.455 e. The van der Waals surface area contributed by atoms with Crippen LogP contribution in [0.5, 0.6) is 0 Å². The molecule has 0 aromatic heterocycles. The Bertz CT molecular complexity index is 328. The molecule has 0 saturated carbocycles. The van der Waals surface area contributed by atoms with Crippen LogP contribution in [0.1, 0.15) is 30.6 Å². The molecule has 0 bridgehead atoms. The van der Waals surface area contributed by atoms with Gasteiger partial charge >= 0.3 is 5.97 Å². The van der Waals surface area contributed by atoms with Crippen LogP contribution >= 0.6 is 0 Å². The van der Waals surface area contributed by atoms with Crippen LogP contribution in [0.4, 0.5) is 0 Å². The van der Waals surface area contributed by atoms with Crippen LogP contribution in [0.3, 0.4) is 0 Å². The Hall–Kier alpha value is -1.57. The molecule has 0 N–H and O–H groups in total. The summed E-state index contributed by atoms with van der Waals surface area (Å²) in [5.41, 5.74) is 0.598. The molecule has 1 rings (SSSR count). The molecule has 0 saturated heterocycles. The highest BCUT2D eigenvalue weighted by Gasteiger charge is 2.10. The maximum Gasteiger partial charge on any atom is 0.338 e. The molecule has 1 unspecified atom stereocenters. The number of esters is 1. The van der Waals surface area contributed by atoms with Crippen molar-refractivity contribution in [3.8, 4) is 0 Å². The van der Waals surface area contributed by atoms with Crippen LogP contribution in [-0.4, -0.2) is 12.1 Å². The minimum Gasteiger partial charge on any atom is -0.455 e. The molecule has 80 valence electrons. The zero-order valence-electron chi connectivity index (χ0n) is 9.14. The van der Waals surface area contributed by atoms with Crippen LogP contribution in [0.2, 0.25) is 0 Å². The average molecular weight is 204 g/mol. The molecule has 2 nitrogen and oxygen atoms in total. The first-order chi connectivity index (χ1) is 7.27. The lowest BCUT2D eigenvalue weighted by Crippen LogP contribution is -2.15. The molecule has 0 fully saturated rings. The van der Waals surface area contributed by atoms with Gasteiger partial charge in [0.2, 0.25) is 0 Å². The van der Waals surface area contributed by atoms with Crippen LogP contribution in [0.15, 0.2) is 42.5 Å². The number of allylic oxidation sites excluding steroid dienone is 1. The van der Waals surface area contributed by atoms with Crippen LogP contribution in [0.25, 0.3) is 0 Å². The Morgan fingerprint density at radius 1 is 1.40 bits per heavy atom. The first-order valence-corrected chi connectivity index (χ1v) is 5.16. The van der Waals surface area contributed by atoms with Crippen molar-refractivity contribution >= 4 is 5.97 Å². The van der Waals surface area contributed by atoms with E-state index >= 15 is 0 Å². The van der Waals surface area contributed by atoms with E-state index in [1.165, 1.54) is 0 Å². The van der Waals surface area contributed by atoms with Crippen molar-refractivity contribution < 1.29 is 9.53 Å². The summed E-state index contributed by atoms with van der Waals surface area (Å²) >= 11 is 0. The monoisotopic (exact) mass is 204 g/mol. The van der Waals surface area contributed by atoms with Gasteiger partial charge in [-0.25, -0.2) is 4.79 Å². The molecule has 2 heteroatoms. The van der Waals surface area contributed by atoms with Gasteiger partial charge in [-0.2, -0.15) is 0 Å². The van der Waals surface area contributed by atoms with E-state index in [-0.39, 0.29) is 12.1 Å². The Labute approximate surface area is 90.6 Å². The second kappa shape index (κ2) is 6.02. The van der Waals surface area contributed by atoms with Crippen molar-refractivity contribution in [2.24, 2.45) is 0 Å². The van der Waals surface area contributed by atoms with Crippen LogP contribution < -0.4 is 0 Å². The number of hydrogen-bond acceptors (Lipinski definition) is 2. The molecule has 0 amide bonds. The van der Waals surface area contributed by atoms with Crippen molar-refractivity contribution in [3.63, 3.8) is 0 Å². The number of carbonyl (C=O) groups is 1. The molecular formula is C13H16O2. The van der Waals surface area contributed by atoms with Crippen molar-refractivity contribution in [1.29, 1.82) is 0 Å².